The SMILES string of the molecule is NC[C@@H]1C[C@@H]1c1ccccc1Br. The van der Waals surface area contributed by atoms with E-state index in [-0.39, 0.29) is 0 Å². The second-order valence-corrected chi connectivity index (χ2v) is 4.21. The Bertz CT molecular complexity index is 285. The highest BCUT2D eigenvalue weighted by Gasteiger charge is 2.37. The van der Waals surface area contributed by atoms with Crippen LogP contribution in [0.4, 0.5) is 0 Å². The lowest BCUT2D eigenvalue weighted by molar-refractivity contribution is 0.808. The lowest BCUT2D eigenvalue weighted by Gasteiger charge is -2.01. The summed E-state index contributed by atoms with van der Waals surface area (Å²) < 4.78 is 1.23. The molecule has 1 aliphatic carbocycles. The van der Waals surface area contributed by atoms with Crippen LogP contribution in [0, 0.1) is 5.92 Å². The molecule has 0 amide bonds. The maximum Gasteiger partial charge on any atom is 0.0210 e. The Morgan fingerprint density at radius 3 is 2.75 bits per heavy atom. The zero-order valence-corrected chi connectivity index (χ0v) is 8.42. The molecule has 0 bridgehead atoms. The first-order valence-electron chi connectivity index (χ1n) is 4.27. The number of benzene rings is 1. The van der Waals surface area contributed by atoms with Gasteiger partial charge in [0.05, 0.1) is 0 Å². The van der Waals surface area contributed by atoms with Crippen LogP contribution in [-0.4, -0.2) is 6.54 Å². The van der Waals surface area contributed by atoms with E-state index < -0.39 is 0 Å². The minimum absolute atomic E-state index is 0.713. The van der Waals surface area contributed by atoms with Crippen molar-refractivity contribution in [3.05, 3.63) is 34.3 Å². The molecule has 0 heterocycles. The Hall–Kier alpha value is -0.340. The summed E-state index contributed by atoms with van der Waals surface area (Å²) in [5, 5.41) is 0. The largest absolute Gasteiger partial charge is 0.330 e. The molecule has 1 saturated carbocycles. The molecule has 0 aliphatic heterocycles. The maximum absolute atomic E-state index is 5.60. The normalized spacial score (nSPS) is 27.2. The molecular weight excluding hydrogens is 214 g/mol. The van der Waals surface area contributed by atoms with Crippen molar-refractivity contribution in [1.29, 1.82) is 0 Å². The molecule has 0 unspecified atom stereocenters. The van der Waals surface area contributed by atoms with Gasteiger partial charge < -0.3 is 5.73 Å². The van der Waals surface area contributed by atoms with Gasteiger partial charge in [0.1, 0.15) is 0 Å². The van der Waals surface area contributed by atoms with Gasteiger partial charge in [-0.15, -0.1) is 0 Å². The number of rotatable bonds is 2. The summed E-state index contributed by atoms with van der Waals surface area (Å²) in [5.41, 5.74) is 7.02. The molecule has 2 heteroatoms. The van der Waals surface area contributed by atoms with E-state index in [2.05, 4.69) is 34.1 Å². The van der Waals surface area contributed by atoms with Gasteiger partial charge in [-0.1, -0.05) is 34.1 Å². The molecule has 0 aromatic heterocycles. The Morgan fingerprint density at radius 2 is 2.17 bits per heavy atom. The quantitative estimate of drug-likeness (QED) is 0.823. The molecule has 2 atom stereocenters. The van der Waals surface area contributed by atoms with Gasteiger partial charge in [0, 0.05) is 4.47 Å². The summed E-state index contributed by atoms with van der Waals surface area (Å²) in [6, 6.07) is 8.42. The minimum atomic E-state index is 0.713. The van der Waals surface area contributed by atoms with Crippen LogP contribution < -0.4 is 5.73 Å². The highest BCUT2D eigenvalue weighted by atomic mass is 79.9. The van der Waals surface area contributed by atoms with Crippen LogP contribution in [0.15, 0.2) is 28.7 Å². The monoisotopic (exact) mass is 225 g/mol. The minimum Gasteiger partial charge on any atom is -0.330 e. The van der Waals surface area contributed by atoms with Crippen molar-refractivity contribution in [1.82, 2.24) is 0 Å². The van der Waals surface area contributed by atoms with E-state index in [1.165, 1.54) is 16.5 Å². The van der Waals surface area contributed by atoms with Crippen molar-refractivity contribution < 1.29 is 0 Å². The zero-order valence-electron chi connectivity index (χ0n) is 6.83. The fourth-order valence-corrected chi connectivity index (χ4v) is 2.24. The summed E-state index contributed by atoms with van der Waals surface area (Å²) in [6.45, 7) is 0.825. The summed E-state index contributed by atoms with van der Waals surface area (Å²) >= 11 is 3.55. The molecule has 12 heavy (non-hydrogen) atoms. The Morgan fingerprint density at radius 1 is 1.42 bits per heavy atom. The van der Waals surface area contributed by atoms with E-state index in [1.807, 2.05) is 6.07 Å². The third-order valence-electron chi connectivity index (χ3n) is 2.53. The van der Waals surface area contributed by atoms with Crippen molar-refractivity contribution in [3.8, 4) is 0 Å². The molecule has 1 nitrogen and oxygen atoms in total. The van der Waals surface area contributed by atoms with Gasteiger partial charge >= 0.3 is 0 Å². The Labute approximate surface area is 81.1 Å². The molecule has 2 N–H and O–H groups in total. The van der Waals surface area contributed by atoms with Crippen molar-refractivity contribution >= 4 is 15.9 Å². The number of nitrogens with two attached hydrogens (primary N) is 1. The fourth-order valence-electron chi connectivity index (χ4n) is 1.66. The first-order chi connectivity index (χ1) is 5.83. The average Bonchev–Trinajstić information content (AvgIpc) is 2.84. The second-order valence-electron chi connectivity index (χ2n) is 3.36. The summed E-state index contributed by atoms with van der Waals surface area (Å²) in [6.07, 6.45) is 1.26. The molecule has 1 aliphatic rings. The topological polar surface area (TPSA) is 26.0 Å². The fraction of sp³-hybridized carbons (Fsp3) is 0.400. The Kier molecular flexibility index (Phi) is 2.20. The summed E-state index contributed by atoms with van der Waals surface area (Å²) in [7, 11) is 0. The zero-order chi connectivity index (χ0) is 8.55. The van der Waals surface area contributed by atoms with Crippen molar-refractivity contribution in [2.45, 2.75) is 12.3 Å². The highest BCUT2D eigenvalue weighted by Crippen LogP contribution is 2.48. The van der Waals surface area contributed by atoms with Gasteiger partial charge in [-0.3, -0.25) is 0 Å². The van der Waals surface area contributed by atoms with Gasteiger partial charge in [-0.25, -0.2) is 0 Å². The van der Waals surface area contributed by atoms with Crippen LogP contribution in [0.2, 0.25) is 0 Å². The first kappa shape index (κ1) is 8.27. The van der Waals surface area contributed by atoms with Crippen LogP contribution in [0.25, 0.3) is 0 Å². The van der Waals surface area contributed by atoms with E-state index in [0.717, 1.165) is 12.5 Å². The van der Waals surface area contributed by atoms with Crippen LogP contribution in [0.5, 0.6) is 0 Å². The van der Waals surface area contributed by atoms with Gasteiger partial charge in [0.15, 0.2) is 0 Å². The lowest BCUT2D eigenvalue weighted by atomic mass is 10.1. The molecule has 0 radical (unpaired) electrons. The van der Waals surface area contributed by atoms with Crippen molar-refractivity contribution in [3.63, 3.8) is 0 Å². The van der Waals surface area contributed by atoms with Crippen LogP contribution in [0.3, 0.4) is 0 Å². The molecule has 2 rings (SSSR count). The van der Waals surface area contributed by atoms with Crippen molar-refractivity contribution in [2.75, 3.05) is 6.54 Å². The average molecular weight is 226 g/mol. The van der Waals surface area contributed by atoms with Gasteiger partial charge in [-0.05, 0) is 36.4 Å². The second kappa shape index (κ2) is 3.19. The molecule has 0 spiro atoms. The number of hydrogen-bond acceptors (Lipinski definition) is 1. The van der Waals surface area contributed by atoms with E-state index in [4.69, 9.17) is 5.73 Å². The highest BCUT2D eigenvalue weighted by molar-refractivity contribution is 9.10. The molecular formula is C10H12BrN. The van der Waals surface area contributed by atoms with Crippen molar-refractivity contribution in [2.24, 2.45) is 11.7 Å². The van der Waals surface area contributed by atoms with Gasteiger partial charge in [0.25, 0.3) is 0 Å². The standard InChI is InChI=1S/C10H12BrN/c11-10-4-2-1-3-8(10)9-5-7(9)6-12/h1-4,7,9H,5-6,12H2/t7-,9-/m0/s1. The first-order valence-corrected chi connectivity index (χ1v) is 5.06. The maximum atomic E-state index is 5.60. The van der Waals surface area contributed by atoms with E-state index in [1.54, 1.807) is 0 Å². The summed E-state index contributed by atoms with van der Waals surface area (Å²) in [5.74, 6) is 1.44. The Balaban J connectivity index is 2.19. The number of hydrogen-bond donors (Lipinski definition) is 1. The van der Waals surface area contributed by atoms with Crippen LogP contribution >= 0.6 is 15.9 Å². The van der Waals surface area contributed by atoms with E-state index in [9.17, 15) is 0 Å². The predicted molar refractivity (Wildman–Crippen MR) is 54.0 cm³/mol. The van der Waals surface area contributed by atoms with Gasteiger partial charge in [0.2, 0.25) is 0 Å². The van der Waals surface area contributed by atoms with Gasteiger partial charge in [-0.2, -0.15) is 0 Å². The third kappa shape index (κ3) is 1.41. The molecule has 1 aromatic rings. The lowest BCUT2D eigenvalue weighted by Crippen LogP contribution is -2.02. The molecule has 64 valence electrons. The molecule has 1 fully saturated rings. The molecule has 0 saturated heterocycles. The molecule has 1 aromatic carbocycles. The third-order valence-corrected chi connectivity index (χ3v) is 3.25. The number of halogens is 1. The predicted octanol–water partition coefficient (Wildman–Crippen LogP) is 2.51. The van der Waals surface area contributed by atoms with Crippen LogP contribution in [-0.2, 0) is 0 Å². The summed E-state index contributed by atoms with van der Waals surface area (Å²) in [4.78, 5) is 0. The van der Waals surface area contributed by atoms with Crippen LogP contribution in [0.1, 0.15) is 17.9 Å². The van der Waals surface area contributed by atoms with E-state index in [0.29, 0.717) is 5.92 Å². The van der Waals surface area contributed by atoms with E-state index >= 15 is 0 Å². The smallest absolute Gasteiger partial charge is 0.0210 e.